The molecule has 0 spiro atoms. The Bertz CT molecular complexity index is 866. The van der Waals surface area contributed by atoms with Gasteiger partial charge in [0.2, 0.25) is 0 Å². The van der Waals surface area contributed by atoms with Crippen LogP contribution in [0.4, 0.5) is 11.4 Å². The predicted octanol–water partition coefficient (Wildman–Crippen LogP) is 3.69. The Balaban J connectivity index is 2.06. The van der Waals surface area contributed by atoms with Crippen LogP contribution < -0.4 is 11.1 Å². The molecule has 0 aliphatic carbocycles. The molecular weight excluding hydrogens is 274 g/mol. The van der Waals surface area contributed by atoms with E-state index in [4.69, 9.17) is 5.73 Å². The number of aromatic nitrogens is 1. The van der Waals surface area contributed by atoms with Gasteiger partial charge in [0, 0.05) is 11.1 Å². The second-order valence-electron chi connectivity index (χ2n) is 5.37. The minimum atomic E-state index is -0.183. The average Bonchev–Trinajstić information content (AvgIpc) is 2.48. The highest BCUT2D eigenvalue weighted by Crippen LogP contribution is 2.23. The van der Waals surface area contributed by atoms with Crippen LogP contribution in [-0.2, 0) is 0 Å². The number of para-hydroxylation sites is 2. The lowest BCUT2D eigenvalue weighted by atomic mass is 10.0. The zero-order valence-electron chi connectivity index (χ0n) is 12.6. The first-order valence-electron chi connectivity index (χ1n) is 7.08. The van der Waals surface area contributed by atoms with Crippen molar-refractivity contribution in [3.63, 3.8) is 0 Å². The lowest BCUT2D eigenvalue weighted by Gasteiger charge is -2.11. The van der Waals surface area contributed by atoms with Crippen LogP contribution in [0, 0.1) is 13.8 Å². The van der Waals surface area contributed by atoms with Crippen molar-refractivity contribution in [1.82, 2.24) is 4.98 Å². The number of carbonyl (C=O) groups excluding carboxylic acids is 1. The quantitative estimate of drug-likeness (QED) is 0.708. The molecule has 3 aromatic rings. The van der Waals surface area contributed by atoms with Crippen LogP contribution in [0.5, 0.6) is 0 Å². The Labute approximate surface area is 129 Å². The van der Waals surface area contributed by atoms with E-state index in [1.54, 1.807) is 18.2 Å². The van der Waals surface area contributed by atoms with Crippen molar-refractivity contribution in [3.8, 4) is 0 Å². The second-order valence-corrected chi connectivity index (χ2v) is 5.37. The molecule has 22 heavy (non-hydrogen) atoms. The fourth-order valence-electron chi connectivity index (χ4n) is 2.46. The number of amides is 1. The summed E-state index contributed by atoms with van der Waals surface area (Å²) in [4.78, 5) is 17.1. The van der Waals surface area contributed by atoms with Crippen molar-refractivity contribution in [2.24, 2.45) is 0 Å². The zero-order chi connectivity index (χ0) is 15.7. The average molecular weight is 291 g/mol. The first-order chi connectivity index (χ1) is 10.5. The SMILES string of the molecule is Cc1ccc2c(C(=O)Nc3ccccc3N)cc(C)nc2c1. The molecule has 0 fully saturated rings. The van der Waals surface area contributed by atoms with Crippen LogP contribution in [0.3, 0.4) is 0 Å². The van der Waals surface area contributed by atoms with E-state index in [0.29, 0.717) is 16.9 Å². The van der Waals surface area contributed by atoms with E-state index in [9.17, 15) is 4.79 Å². The molecule has 4 nitrogen and oxygen atoms in total. The van der Waals surface area contributed by atoms with Crippen molar-refractivity contribution >= 4 is 28.2 Å². The minimum Gasteiger partial charge on any atom is -0.397 e. The third-order valence-electron chi connectivity index (χ3n) is 3.55. The molecule has 110 valence electrons. The standard InChI is InChI=1S/C18H17N3O/c1-11-7-8-13-14(10-12(2)20-17(13)9-11)18(22)21-16-6-4-3-5-15(16)19/h3-10H,19H2,1-2H3,(H,21,22). The van der Waals surface area contributed by atoms with E-state index in [2.05, 4.69) is 10.3 Å². The molecule has 0 unspecified atom stereocenters. The maximum absolute atomic E-state index is 12.6. The first kappa shape index (κ1) is 14.1. The number of carbonyl (C=O) groups is 1. The molecule has 1 amide bonds. The second kappa shape index (κ2) is 5.48. The number of anilines is 2. The number of fused-ring (bicyclic) bond motifs is 1. The third-order valence-corrected chi connectivity index (χ3v) is 3.55. The molecule has 0 atom stereocenters. The van der Waals surface area contributed by atoms with Crippen molar-refractivity contribution in [2.75, 3.05) is 11.1 Å². The molecule has 0 bridgehead atoms. The molecule has 0 saturated carbocycles. The highest BCUT2D eigenvalue weighted by molar-refractivity contribution is 6.13. The number of nitrogens with two attached hydrogens (primary N) is 1. The van der Waals surface area contributed by atoms with Crippen molar-refractivity contribution in [2.45, 2.75) is 13.8 Å². The van der Waals surface area contributed by atoms with E-state index in [0.717, 1.165) is 22.2 Å². The molecule has 3 N–H and O–H groups in total. The van der Waals surface area contributed by atoms with Crippen LogP contribution in [0.25, 0.3) is 10.9 Å². The maximum atomic E-state index is 12.6. The van der Waals surface area contributed by atoms with Crippen molar-refractivity contribution in [1.29, 1.82) is 0 Å². The van der Waals surface area contributed by atoms with Crippen LogP contribution >= 0.6 is 0 Å². The van der Waals surface area contributed by atoms with Gasteiger partial charge in [-0.25, -0.2) is 0 Å². The fourth-order valence-corrected chi connectivity index (χ4v) is 2.46. The number of nitrogen functional groups attached to an aromatic ring is 1. The van der Waals surface area contributed by atoms with Gasteiger partial charge in [0.05, 0.1) is 22.5 Å². The lowest BCUT2D eigenvalue weighted by molar-refractivity contribution is 0.102. The fraction of sp³-hybridized carbons (Fsp3) is 0.111. The molecule has 0 radical (unpaired) electrons. The first-order valence-corrected chi connectivity index (χ1v) is 7.08. The van der Waals surface area contributed by atoms with Gasteiger partial charge in [-0.3, -0.25) is 9.78 Å². The summed E-state index contributed by atoms with van der Waals surface area (Å²) in [5.41, 5.74) is 10.4. The van der Waals surface area contributed by atoms with Gasteiger partial charge < -0.3 is 11.1 Å². The summed E-state index contributed by atoms with van der Waals surface area (Å²) in [5.74, 6) is -0.183. The summed E-state index contributed by atoms with van der Waals surface area (Å²) in [7, 11) is 0. The summed E-state index contributed by atoms with van der Waals surface area (Å²) >= 11 is 0. The smallest absolute Gasteiger partial charge is 0.256 e. The van der Waals surface area contributed by atoms with E-state index in [1.807, 2.05) is 44.2 Å². The highest BCUT2D eigenvalue weighted by Gasteiger charge is 2.13. The molecule has 4 heteroatoms. The summed E-state index contributed by atoms with van der Waals surface area (Å²) in [6, 6.07) is 14.9. The zero-order valence-corrected chi connectivity index (χ0v) is 12.6. The van der Waals surface area contributed by atoms with Gasteiger partial charge in [0.1, 0.15) is 0 Å². The minimum absolute atomic E-state index is 0.183. The highest BCUT2D eigenvalue weighted by atomic mass is 16.1. The molecule has 1 aromatic heterocycles. The summed E-state index contributed by atoms with van der Waals surface area (Å²) < 4.78 is 0. The third kappa shape index (κ3) is 2.63. The van der Waals surface area contributed by atoms with Crippen LogP contribution in [-0.4, -0.2) is 10.9 Å². The molecule has 0 aliphatic rings. The Morgan fingerprint density at radius 3 is 2.64 bits per heavy atom. The van der Waals surface area contributed by atoms with Gasteiger partial charge in [0.15, 0.2) is 0 Å². The molecule has 1 heterocycles. The Morgan fingerprint density at radius 1 is 1.09 bits per heavy atom. The van der Waals surface area contributed by atoms with Gasteiger partial charge >= 0.3 is 0 Å². The van der Waals surface area contributed by atoms with Crippen molar-refractivity contribution in [3.05, 3.63) is 65.4 Å². The number of nitrogens with zero attached hydrogens (tertiary/aromatic N) is 1. The molecule has 3 rings (SSSR count). The summed E-state index contributed by atoms with van der Waals surface area (Å²) in [6.07, 6.45) is 0. The van der Waals surface area contributed by atoms with Gasteiger partial charge in [-0.05, 0) is 43.7 Å². The number of pyridine rings is 1. The molecule has 0 saturated heterocycles. The maximum Gasteiger partial charge on any atom is 0.256 e. The van der Waals surface area contributed by atoms with Gasteiger partial charge in [-0.15, -0.1) is 0 Å². The summed E-state index contributed by atoms with van der Waals surface area (Å²) in [5, 5.41) is 3.71. The van der Waals surface area contributed by atoms with Gasteiger partial charge in [-0.2, -0.15) is 0 Å². The van der Waals surface area contributed by atoms with Gasteiger partial charge in [-0.1, -0.05) is 24.3 Å². The van der Waals surface area contributed by atoms with Crippen LogP contribution in [0.2, 0.25) is 0 Å². The Hall–Kier alpha value is -2.88. The summed E-state index contributed by atoms with van der Waals surface area (Å²) in [6.45, 7) is 3.89. The predicted molar refractivity (Wildman–Crippen MR) is 90.0 cm³/mol. The number of nitrogens with one attached hydrogen (secondary N) is 1. The van der Waals surface area contributed by atoms with E-state index < -0.39 is 0 Å². The van der Waals surface area contributed by atoms with Gasteiger partial charge in [0.25, 0.3) is 5.91 Å². The van der Waals surface area contributed by atoms with Crippen LogP contribution in [0.1, 0.15) is 21.6 Å². The number of hydrogen-bond donors (Lipinski definition) is 2. The van der Waals surface area contributed by atoms with Crippen LogP contribution in [0.15, 0.2) is 48.5 Å². The Morgan fingerprint density at radius 2 is 1.86 bits per heavy atom. The number of aryl methyl sites for hydroxylation is 2. The van der Waals surface area contributed by atoms with E-state index >= 15 is 0 Å². The number of benzene rings is 2. The monoisotopic (exact) mass is 291 g/mol. The number of rotatable bonds is 2. The van der Waals surface area contributed by atoms with E-state index in [-0.39, 0.29) is 5.91 Å². The van der Waals surface area contributed by atoms with E-state index in [1.165, 1.54) is 0 Å². The molecule has 2 aromatic carbocycles. The Kier molecular flexibility index (Phi) is 3.51. The number of hydrogen-bond acceptors (Lipinski definition) is 3. The van der Waals surface area contributed by atoms with Crippen molar-refractivity contribution < 1.29 is 4.79 Å². The molecular formula is C18H17N3O. The lowest BCUT2D eigenvalue weighted by Crippen LogP contribution is -2.14. The largest absolute Gasteiger partial charge is 0.397 e. The normalized spacial score (nSPS) is 10.6. The topological polar surface area (TPSA) is 68.0 Å². The molecule has 0 aliphatic heterocycles.